The Labute approximate surface area is 133 Å². The van der Waals surface area contributed by atoms with Gasteiger partial charge in [-0.1, -0.05) is 6.07 Å². The lowest BCUT2D eigenvalue weighted by atomic mass is 10.2. The van der Waals surface area contributed by atoms with Crippen LogP contribution in [0, 0.1) is 5.82 Å². The van der Waals surface area contributed by atoms with Gasteiger partial charge in [-0.3, -0.25) is 0 Å². The summed E-state index contributed by atoms with van der Waals surface area (Å²) >= 11 is 1.26. The van der Waals surface area contributed by atoms with Gasteiger partial charge in [0.2, 0.25) is 0 Å². The summed E-state index contributed by atoms with van der Waals surface area (Å²) in [4.78, 5) is 4.30. The summed E-state index contributed by atoms with van der Waals surface area (Å²) in [5, 5.41) is 5.07. The van der Waals surface area contributed by atoms with Gasteiger partial charge in [-0.05, 0) is 42.5 Å². The van der Waals surface area contributed by atoms with Crippen molar-refractivity contribution in [3.63, 3.8) is 0 Å². The van der Waals surface area contributed by atoms with Crippen molar-refractivity contribution in [2.24, 2.45) is 0 Å². The number of nitrogens with one attached hydrogen (secondary N) is 1. The summed E-state index contributed by atoms with van der Waals surface area (Å²) in [6, 6.07) is 10.8. The minimum atomic E-state index is -4.39. The van der Waals surface area contributed by atoms with Gasteiger partial charge in [-0.15, -0.1) is 11.3 Å². The average molecular weight is 338 g/mol. The lowest BCUT2D eigenvalue weighted by Crippen LogP contribution is -2.05. The van der Waals surface area contributed by atoms with Crippen LogP contribution in [0.1, 0.15) is 5.56 Å². The lowest BCUT2D eigenvalue weighted by Gasteiger charge is -2.08. The number of halogens is 4. The molecule has 0 amide bonds. The van der Waals surface area contributed by atoms with Crippen LogP contribution in [0.5, 0.6) is 0 Å². The van der Waals surface area contributed by atoms with E-state index in [1.807, 2.05) is 0 Å². The molecule has 0 aliphatic carbocycles. The molecule has 3 rings (SSSR count). The van der Waals surface area contributed by atoms with E-state index in [9.17, 15) is 17.6 Å². The SMILES string of the molecule is Fc1ccc(-c2csc(Nc3cccc(C(F)(F)F)c3)n2)cc1. The fourth-order valence-corrected chi connectivity index (χ4v) is 2.72. The Morgan fingerprint density at radius 2 is 1.74 bits per heavy atom. The fraction of sp³-hybridized carbons (Fsp3) is 0.0625. The van der Waals surface area contributed by atoms with Gasteiger partial charge in [0.1, 0.15) is 5.82 Å². The Morgan fingerprint density at radius 3 is 2.43 bits per heavy atom. The van der Waals surface area contributed by atoms with Crippen molar-refractivity contribution >= 4 is 22.2 Å². The Kier molecular flexibility index (Phi) is 4.04. The third-order valence-corrected chi connectivity index (χ3v) is 3.84. The molecule has 0 unspecified atom stereocenters. The maximum absolute atomic E-state index is 12.9. The van der Waals surface area contributed by atoms with Crippen molar-refractivity contribution in [1.82, 2.24) is 4.98 Å². The first-order chi connectivity index (χ1) is 10.9. The molecule has 2 nitrogen and oxygen atoms in total. The number of aromatic nitrogens is 1. The highest BCUT2D eigenvalue weighted by molar-refractivity contribution is 7.14. The molecule has 0 spiro atoms. The van der Waals surface area contributed by atoms with Gasteiger partial charge in [0.25, 0.3) is 0 Å². The second kappa shape index (κ2) is 6.00. The molecule has 0 saturated carbocycles. The third kappa shape index (κ3) is 3.68. The van der Waals surface area contributed by atoms with Crippen molar-refractivity contribution < 1.29 is 17.6 Å². The van der Waals surface area contributed by atoms with E-state index in [0.717, 1.165) is 17.7 Å². The molecule has 0 atom stereocenters. The van der Waals surface area contributed by atoms with Crippen LogP contribution >= 0.6 is 11.3 Å². The van der Waals surface area contributed by atoms with Crippen molar-refractivity contribution in [3.05, 3.63) is 65.3 Å². The van der Waals surface area contributed by atoms with Gasteiger partial charge >= 0.3 is 6.18 Å². The summed E-state index contributed by atoms with van der Waals surface area (Å²) in [5.41, 5.74) is 0.946. The van der Waals surface area contributed by atoms with Crippen molar-refractivity contribution in [2.45, 2.75) is 6.18 Å². The second-order valence-corrected chi connectivity index (χ2v) is 5.61. The van der Waals surface area contributed by atoms with Crippen molar-refractivity contribution in [1.29, 1.82) is 0 Å². The molecular formula is C16H10F4N2S. The maximum atomic E-state index is 12.9. The fourth-order valence-electron chi connectivity index (χ4n) is 1.98. The molecule has 1 N–H and O–H groups in total. The Hall–Kier alpha value is -2.41. The van der Waals surface area contributed by atoms with E-state index in [1.165, 1.54) is 35.6 Å². The van der Waals surface area contributed by atoms with Crippen LogP contribution in [0.3, 0.4) is 0 Å². The molecule has 7 heteroatoms. The smallest absolute Gasteiger partial charge is 0.332 e. The molecule has 0 aliphatic rings. The first-order valence-corrected chi connectivity index (χ1v) is 7.45. The van der Waals surface area contributed by atoms with E-state index in [0.29, 0.717) is 16.5 Å². The van der Waals surface area contributed by atoms with Crippen LogP contribution in [-0.4, -0.2) is 4.98 Å². The van der Waals surface area contributed by atoms with E-state index in [4.69, 9.17) is 0 Å². The van der Waals surface area contributed by atoms with Gasteiger partial charge in [0, 0.05) is 16.6 Å². The van der Waals surface area contributed by atoms with E-state index in [1.54, 1.807) is 17.5 Å². The average Bonchev–Trinajstić information content (AvgIpc) is 2.96. The molecule has 23 heavy (non-hydrogen) atoms. The van der Waals surface area contributed by atoms with E-state index >= 15 is 0 Å². The number of rotatable bonds is 3. The quantitative estimate of drug-likeness (QED) is 0.619. The van der Waals surface area contributed by atoms with Crippen LogP contribution in [0.4, 0.5) is 28.4 Å². The minimum absolute atomic E-state index is 0.305. The van der Waals surface area contributed by atoms with E-state index < -0.39 is 11.7 Å². The highest BCUT2D eigenvalue weighted by Crippen LogP contribution is 2.32. The van der Waals surface area contributed by atoms with Crippen molar-refractivity contribution in [2.75, 3.05) is 5.32 Å². The highest BCUT2D eigenvalue weighted by Gasteiger charge is 2.30. The van der Waals surface area contributed by atoms with Crippen LogP contribution in [0.25, 0.3) is 11.3 Å². The highest BCUT2D eigenvalue weighted by atomic mass is 32.1. The van der Waals surface area contributed by atoms with Gasteiger partial charge in [-0.25, -0.2) is 9.37 Å². The second-order valence-electron chi connectivity index (χ2n) is 4.75. The molecule has 0 fully saturated rings. The molecule has 1 aromatic heterocycles. The summed E-state index contributed by atoms with van der Waals surface area (Å²) in [7, 11) is 0. The molecule has 0 saturated heterocycles. The lowest BCUT2D eigenvalue weighted by molar-refractivity contribution is -0.137. The summed E-state index contributed by atoms with van der Waals surface area (Å²) < 4.78 is 51.0. The number of nitrogens with zero attached hydrogens (tertiary/aromatic N) is 1. The molecule has 1 heterocycles. The Bertz CT molecular complexity index is 809. The Morgan fingerprint density at radius 1 is 1.00 bits per heavy atom. The van der Waals surface area contributed by atoms with Crippen molar-refractivity contribution in [3.8, 4) is 11.3 Å². The number of thiazole rings is 1. The molecule has 0 aliphatic heterocycles. The molecular weight excluding hydrogens is 328 g/mol. The maximum Gasteiger partial charge on any atom is 0.416 e. The van der Waals surface area contributed by atoms with Gasteiger partial charge < -0.3 is 5.32 Å². The number of alkyl halides is 3. The predicted molar refractivity (Wildman–Crippen MR) is 82.2 cm³/mol. The molecule has 3 aromatic rings. The van der Waals surface area contributed by atoms with E-state index in [-0.39, 0.29) is 5.82 Å². The predicted octanol–water partition coefficient (Wildman–Crippen LogP) is 5.71. The normalized spacial score (nSPS) is 11.5. The zero-order chi connectivity index (χ0) is 16.4. The topological polar surface area (TPSA) is 24.9 Å². The summed E-state index contributed by atoms with van der Waals surface area (Å²) in [6.07, 6.45) is -4.39. The third-order valence-electron chi connectivity index (χ3n) is 3.09. The number of hydrogen-bond donors (Lipinski definition) is 1. The number of benzene rings is 2. The van der Waals surface area contributed by atoms with Gasteiger partial charge in [-0.2, -0.15) is 13.2 Å². The number of anilines is 2. The van der Waals surface area contributed by atoms with Crippen LogP contribution in [0.15, 0.2) is 53.9 Å². The zero-order valence-electron chi connectivity index (χ0n) is 11.6. The van der Waals surface area contributed by atoms with Crippen LogP contribution < -0.4 is 5.32 Å². The first-order valence-electron chi connectivity index (χ1n) is 6.57. The molecule has 0 radical (unpaired) electrons. The van der Waals surface area contributed by atoms with E-state index in [2.05, 4.69) is 10.3 Å². The largest absolute Gasteiger partial charge is 0.416 e. The van der Waals surface area contributed by atoms with Crippen LogP contribution in [0.2, 0.25) is 0 Å². The number of hydrogen-bond acceptors (Lipinski definition) is 3. The summed E-state index contributed by atoms with van der Waals surface area (Å²) in [6.45, 7) is 0. The van der Waals surface area contributed by atoms with Crippen LogP contribution in [-0.2, 0) is 6.18 Å². The van der Waals surface area contributed by atoms with Gasteiger partial charge in [0.15, 0.2) is 5.13 Å². The monoisotopic (exact) mass is 338 g/mol. The molecule has 2 aromatic carbocycles. The van der Waals surface area contributed by atoms with Gasteiger partial charge in [0.05, 0.1) is 11.3 Å². The first kappa shape index (κ1) is 15.5. The Balaban J connectivity index is 1.81. The molecule has 0 bridgehead atoms. The summed E-state index contributed by atoms with van der Waals surface area (Å²) in [5.74, 6) is -0.341. The minimum Gasteiger partial charge on any atom is -0.332 e. The molecule has 118 valence electrons. The zero-order valence-corrected chi connectivity index (χ0v) is 12.4. The standard InChI is InChI=1S/C16H10F4N2S/c17-12-6-4-10(5-7-12)14-9-23-15(22-14)21-13-3-1-2-11(8-13)16(18,19)20/h1-9H,(H,21,22).